The number of hydrogen-bond donors (Lipinski definition) is 2. The average Bonchev–Trinajstić information content (AvgIpc) is 2.73. The average molecular weight is 416 g/mol. The van der Waals surface area contributed by atoms with Crippen LogP contribution < -0.4 is 15.4 Å². The fourth-order valence-corrected chi connectivity index (χ4v) is 2.31. The molecule has 0 aromatic heterocycles. The first-order chi connectivity index (χ1) is 14.5. The van der Waals surface area contributed by atoms with Crippen molar-refractivity contribution >= 4 is 29.3 Å². The van der Waals surface area contributed by atoms with Gasteiger partial charge in [0, 0.05) is 12.7 Å². The third kappa shape index (κ3) is 7.53. The maximum atomic E-state index is 12.5. The Bertz CT molecular complexity index is 853. The molecular weight excluding hydrogens is 392 g/mol. The van der Waals surface area contributed by atoms with Crippen molar-refractivity contribution in [2.24, 2.45) is 0 Å². The van der Waals surface area contributed by atoms with Crippen LogP contribution in [0.15, 0.2) is 48.5 Å². The molecule has 2 rings (SSSR count). The van der Waals surface area contributed by atoms with E-state index in [-0.39, 0.29) is 24.9 Å². The molecule has 0 unspecified atom stereocenters. The summed E-state index contributed by atoms with van der Waals surface area (Å²) < 4.78 is 19.7. The van der Waals surface area contributed by atoms with Gasteiger partial charge in [0.25, 0.3) is 5.91 Å². The Balaban J connectivity index is 1.96. The molecule has 0 saturated heterocycles. The number of rotatable bonds is 10. The lowest BCUT2D eigenvalue weighted by atomic mass is 10.2. The standard InChI is InChI=1S/C21H24N2O7/c1-3-29-21(26)30-16-10-8-15(9-11-16)20(25)23-18-7-5-4-6-17(18)22-19(24)14-28-13-12-27-2/h4-11H,3,12-14H2,1-2H3,(H,22,24)(H,23,25). The molecule has 2 aromatic rings. The van der Waals surface area contributed by atoms with E-state index in [4.69, 9.17) is 18.9 Å². The molecule has 0 aliphatic heterocycles. The van der Waals surface area contributed by atoms with Crippen molar-refractivity contribution in [2.75, 3.05) is 44.2 Å². The number of nitrogens with one attached hydrogen (secondary N) is 2. The Morgan fingerprint density at radius 1 is 0.900 bits per heavy atom. The molecule has 9 nitrogen and oxygen atoms in total. The van der Waals surface area contributed by atoms with Gasteiger partial charge in [0.15, 0.2) is 0 Å². The van der Waals surface area contributed by atoms with Crippen LogP contribution in [0.4, 0.5) is 16.2 Å². The van der Waals surface area contributed by atoms with Crippen LogP contribution in [0.2, 0.25) is 0 Å². The summed E-state index contributed by atoms with van der Waals surface area (Å²) in [4.78, 5) is 35.9. The summed E-state index contributed by atoms with van der Waals surface area (Å²) >= 11 is 0. The number of carbonyl (C=O) groups is 3. The smallest absolute Gasteiger partial charge is 0.434 e. The molecule has 0 spiro atoms. The van der Waals surface area contributed by atoms with Crippen molar-refractivity contribution in [1.82, 2.24) is 0 Å². The van der Waals surface area contributed by atoms with Crippen LogP contribution in [0.3, 0.4) is 0 Å². The highest BCUT2D eigenvalue weighted by Crippen LogP contribution is 2.22. The summed E-state index contributed by atoms with van der Waals surface area (Å²) in [6, 6.07) is 12.8. The van der Waals surface area contributed by atoms with Crippen molar-refractivity contribution in [1.29, 1.82) is 0 Å². The molecule has 0 aliphatic carbocycles. The highest BCUT2D eigenvalue weighted by Gasteiger charge is 2.12. The van der Waals surface area contributed by atoms with Crippen LogP contribution in [0.25, 0.3) is 0 Å². The van der Waals surface area contributed by atoms with Crippen LogP contribution in [0.1, 0.15) is 17.3 Å². The minimum absolute atomic E-state index is 0.131. The quantitative estimate of drug-likeness (QED) is 0.348. The summed E-state index contributed by atoms with van der Waals surface area (Å²) in [6.45, 7) is 2.44. The summed E-state index contributed by atoms with van der Waals surface area (Å²) in [7, 11) is 1.54. The molecule has 0 heterocycles. The van der Waals surface area contributed by atoms with E-state index < -0.39 is 12.1 Å². The topological polar surface area (TPSA) is 112 Å². The maximum Gasteiger partial charge on any atom is 0.513 e. The molecule has 0 radical (unpaired) electrons. The molecule has 0 bridgehead atoms. The molecule has 2 N–H and O–H groups in total. The molecule has 0 fully saturated rings. The van der Waals surface area contributed by atoms with Gasteiger partial charge in [0.2, 0.25) is 5.91 Å². The molecule has 0 saturated carbocycles. The zero-order valence-corrected chi connectivity index (χ0v) is 16.8. The minimum Gasteiger partial charge on any atom is -0.434 e. The Hall–Kier alpha value is -3.43. The SMILES string of the molecule is CCOC(=O)Oc1ccc(C(=O)Nc2ccccc2NC(=O)COCCOC)cc1. The number of benzene rings is 2. The van der Waals surface area contributed by atoms with Crippen LogP contribution in [-0.4, -0.2) is 51.5 Å². The van der Waals surface area contributed by atoms with E-state index in [1.807, 2.05) is 0 Å². The zero-order valence-electron chi connectivity index (χ0n) is 16.8. The zero-order chi connectivity index (χ0) is 21.8. The maximum absolute atomic E-state index is 12.5. The normalized spacial score (nSPS) is 10.2. The predicted molar refractivity (Wildman–Crippen MR) is 110 cm³/mol. The first-order valence-electron chi connectivity index (χ1n) is 9.25. The van der Waals surface area contributed by atoms with Gasteiger partial charge in [-0.3, -0.25) is 9.59 Å². The van der Waals surface area contributed by atoms with E-state index in [2.05, 4.69) is 10.6 Å². The van der Waals surface area contributed by atoms with E-state index in [0.717, 1.165) is 0 Å². The van der Waals surface area contributed by atoms with E-state index in [1.54, 1.807) is 38.3 Å². The third-order valence-corrected chi connectivity index (χ3v) is 3.69. The van der Waals surface area contributed by atoms with Crippen LogP contribution in [0.5, 0.6) is 5.75 Å². The van der Waals surface area contributed by atoms with E-state index in [0.29, 0.717) is 30.2 Å². The monoisotopic (exact) mass is 416 g/mol. The molecule has 2 aromatic carbocycles. The van der Waals surface area contributed by atoms with E-state index in [9.17, 15) is 14.4 Å². The molecule has 160 valence electrons. The van der Waals surface area contributed by atoms with Gasteiger partial charge in [-0.25, -0.2) is 4.79 Å². The van der Waals surface area contributed by atoms with Crippen molar-refractivity contribution in [2.45, 2.75) is 6.92 Å². The van der Waals surface area contributed by atoms with Crippen molar-refractivity contribution in [3.63, 3.8) is 0 Å². The highest BCUT2D eigenvalue weighted by molar-refractivity contribution is 6.07. The van der Waals surface area contributed by atoms with Crippen molar-refractivity contribution in [3.8, 4) is 5.75 Å². The van der Waals surface area contributed by atoms with Gasteiger partial charge < -0.3 is 29.6 Å². The first-order valence-corrected chi connectivity index (χ1v) is 9.25. The lowest BCUT2D eigenvalue weighted by molar-refractivity contribution is -0.121. The molecule has 2 amide bonds. The van der Waals surface area contributed by atoms with Gasteiger partial charge in [0.05, 0.1) is 31.2 Å². The van der Waals surface area contributed by atoms with Crippen LogP contribution in [0, 0.1) is 0 Å². The minimum atomic E-state index is -0.814. The fourth-order valence-electron chi connectivity index (χ4n) is 2.31. The lowest BCUT2D eigenvalue weighted by Gasteiger charge is -2.12. The number of carbonyl (C=O) groups excluding carboxylic acids is 3. The molecule has 0 aliphatic rings. The van der Waals surface area contributed by atoms with E-state index in [1.165, 1.54) is 24.3 Å². The third-order valence-electron chi connectivity index (χ3n) is 3.69. The first kappa shape index (κ1) is 22.9. The molecular formula is C21H24N2O7. The predicted octanol–water partition coefficient (Wildman–Crippen LogP) is 3.08. The Morgan fingerprint density at radius 3 is 2.20 bits per heavy atom. The summed E-state index contributed by atoms with van der Waals surface area (Å²) in [5.41, 5.74) is 1.21. The highest BCUT2D eigenvalue weighted by atomic mass is 16.7. The van der Waals surface area contributed by atoms with Gasteiger partial charge in [-0.2, -0.15) is 0 Å². The van der Waals surface area contributed by atoms with Gasteiger partial charge >= 0.3 is 6.16 Å². The molecule has 9 heteroatoms. The van der Waals surface area contributed by atoms with Crippen molar-refractivity contribution in [3.05, 3.63) is 54.1 Å². The molecule has 30 heavy (non-hydrogen) atoms. The van der Waals surface area contributed by atoms with Crippen LogP contribution in [-0.2, 0) is 19.0 Å². The van der Waals surface area contributed by atoms with Gasteiger partial charge in [-0.05, 0) is 43.3 Å². The number of amides is 2. The summed E-state index contributed by atoms with van der Waals surface area (Å²) in [6.07, 6.45) is -0.814. The Labute approximate surface area is 174 Å². The lowest BCUT2D eigenvalue weighted by Crippen LogP contribution is -2.21. The van der Waals surface area contributed by atoms with E-state index >= 15 is 0 Å². The Morgan fingerprint density at radius 2 is 1.57 bits per heavy atom. The van der Waals surface area contributed by atoms with Crippen LogP contribution >= 0.6 is 0 Å². The summed E-state index contributed by atoms with van der Waals surface area (Å²) in [5.74, 6) is -0.491. The van der Waals surface area contributed by atoms with Gasteiger partial charge in [0.1, 0.15) is 12.4 Å². The fraction of sp³-hybridized carbons (Fsp3) is 0.286. The summed E-state index contributed by atoms with van der Waals surface area (Å²) in [5, 5.41) is 5.44. The van der Waals surface area contributed by atoms with Gasteiger partial charge in [-0.1, -0.05) is 12.1 Å². The number of methoxy groups -OCH3 is 1. The second-order valence-electron chi connectivity index (χ2n) is 5.90. The molecule has 0 atom stereocenters. The van der Waals surface area contributed by atoms with Gasteiger partial charge in [-0.15, -0.1) is 0 Å². The number of anilines is 2. The number of para-hydroxylation sites is 2. The number of hydrogen-bond acceptors (Lipinski definition) is 7. The largest absolute Gasteiger partial charge is 0.513 e. The number of ether oxygens (including phenoxy) is 4. The second-order valence-corrected chi connectivity index (χ2v) is 5.90. The second kappa shape index (κ2) is 12.2. The Kier molecular flexibility index (Phi) is 9.29. The van der Waals surface area contributed by atoms with Crippen molar-refractivity contribution < 1.29 is 33.3 Å².